The number of halogens is 1. The lowest BCUT2D eigenvalue weighted by atomic mass is 9.84. The number of aryl methyl sites for hydroxylation is 1. The first-order valence-corrected chi connectivity index (χ1v) is 11.2. The molecule has 28 heavy (non-hydrogen) atoms. The summed E-state index contributed by atoms with van der Waals surface area (Å²) in [5.41, 5.74) is 6.89. The standard InChI is InChI=1S/C25H24INO/c1-17-7-5-10-21-22-11-6-12-23(25(22)28-24(17)21)27(26)20-15-13-19(14-16-20)18-8-3-2-4-9-18/h5-7,10-16,18H,2-4,8-9H2,1H3. The van der Waals surface area contributed by atoms with E-state index in [-0.39, 0.29) is 0 Å². The predicted molar refractivity (Wildman–Crippen MR) is 127 cm³/mol. The highest BCUT2D eigenvalue weighted by Gasteiger charge is 2.18. The lowest BCUT2D eigenvalue weighted by Crippen LogP contribution is -2.05. The summed E-state index contributed by atoms with van der Waals surface area (Å²) in [4.78, 5) is 0. The Bertz CT molecular complexity index is 1120. The van der Waals surface area contributed by atoms with E-state index in [1.807, 2.05) is 0 Å². The van der Waals surface area contributed by atoms with Crippen LogP contribution in [0.5, 0.6) is 0 Å². The largest absolute Gasteiger partial charge is 0.454 e. The number of hydrogen-bond donors (Lipinski definition) is 0. The first-order chi connectivity index (χ1) is 13.7. The molecule has 0 amide bonds. The summed E-state index contributed by atoms with van der Waals surface area (Å²) in [5, 5.41) is 2.37. The average Bonchev–Trinajstić information content (AvgIpc) is 3.14. The molecule has 142 valence electrons. The van der Waals surface area contributed by atoms with Gasteiger partial charge < -0.3 is 4.42 Å². The quantitative estimate of drug-likeness (QED) is 0.216. The summed E-state index contributed by atoms with van der Waals surface area (Å²) in [7, 11) is 0. The zero-order chi connectivity index (χ0) is 19.1. The van der Waals surface area contributed by atoms with Crippen molar-refractivity contribution in [1.82, 2.24) is 0 Å². The number of para-hydroxylation sites is 2. The topological polar surface area (TPSA) is 16.4 Å². The van der Waals surface area contributed by atoms with Crippen LogP contribution in [0.15, 0.2) is 65.1 Å². The molecular weight excluding hydrogens is 457 g/mol. The van der Waals surface area contributed by atoms with E-state index >= 15 is 0 Å². The van der Waals surface area contributed by atoms with E-state index in [1.165, 1.54) is 59.7 Å². The fraction of sp³-hybridized carbons (Fsp3) is 0.280. The molecule has 5 rings (SSSR count). The Labute approximate surface area is 180 Å². The van der Waals surface area contributed by atoms with Gasteiger partial charge in [0.25, 0.3) is 0 Å². The molecule has 4 aromatic rings. The lowest BCUT2D eigenvalue weighted by Gasteiger charge is -2.23. The number of fused-ring (bicyclic) bond motifs is 3. The Balaban J connectivity index is 1.52. The third-order valence-corrected chi connectivity index (χ3v) is 7.19. The molecular formula is C25H24INO. The van der Waals surface area contributed by atoms with Crippen LogP contribution in [0.25, 0.3) is 21.9 Å². The van der Waals surface area contributed by atoms with Crippen molar-refractivity contribution in [1.29, 1.82) is 0 Å². The minimum atomic E-state index is 0.743. The molecule has 1 saturated carbocycles. The highest BCUT2D eigenvalue weighted by molar-refractivity contribution is 14.1. The van der Waals surface area contributed by atoms with E-state index < -0.39 is 0 Å². The SMILES string of the molecule is Cc1cccc2c1oc1c(N(I)c3ccc(C4CCCCC4)cc3)cccc12. The molecule has 1 aromatic heterocycles. The van der Waals surface area contributed by atoms with Crippen LogP contribution in [0.4, 0.5) is 11.4 Å². The molecule has 0 N–H and O–H groups in total. The predicted octanol–water partition coefficient (Wildman–Crippen LogP) is 8.43. The number of anilines is 2. The number of nitrogens with zero attached hydrogens (tertiary/aromatic N) is 1. The van der Waals surface area contributed by atoms with Crippen LogP contribution in [-0.2, 0) is 0 Å². The maximum Gasteiger partial charge on any atom is 0.159 e. The molecule has 0 atom stereocenters. The van der Waals surface area contributed by atoms with Gasteiger partial charge in [-0.05, 0) is 55.0 Å². The zero-order valence-electron chi connectivity index (χ0n) is 16.1. The van der Waals surface area contributed by atoms with Crippen LogP contribution >= 0.6 is 22.9 Å². The Kier molecular flexibility index (Phi) is 4.79. The molecule has 0 aliphatic heterocycles. The first kappa shape index (κ1) is 18.0. The van der Waals surface area contributed by atoms with E-state index in [1.54, 1.807) is 0 Å². The summed E-state index contributed by atoms with van der Waals surface area (Å²) in [6.07, 6.45) is 6.82. The Morgan fingerprint density at radius 1 is 0.821 bits per heavy atom. The van der Waals surface area contributed by atoms with Crippen LogP contribution in [0, 0.1) is 6.92 Å². The van der Waals surface area contributed by atoms with E-state index in [4.69, 9.17) is 4.42 Å². The lowest BCUT2D eigenvalue weighted by molar-refractivity contribution is 0.443. The van der Waals surface area contributed by atoms with E-state index in [0.29, 0.717) is 0 Å². The van der Waals surface area contributed by atoms with Gasteiger partial charge in [-0.3, -0.25) is 3.11 Å². The number of hydrogen-bond acceptors (Lipinski definition) is 2. The fourth-order valence-corrected chi connectivity index (χ4v) is 5.25. The number of benzene rings is 3. The Morgan fingerprint density at radius 3 is 2.25 bits per heavy atom. The zero-order valence-corrected chi connectivity index (χ0v) is 18.3. The molecule has 0 bridgehead atoms. The van der Waals surface area contributed by atoms with Gasteiger partial charge in [0.15, 0.2) is 5.58 Å². The molecule has 0 saturated heterocycles. The van der Waals surface area contributed by atoms with Crippen molar-refractivity contribution < 1.29 is 4.42 Å². The van der Waals surface area contributed by atoms with E-state index in [9.17, 15) is 0 Å². The van der Waals surface area contributed by atoms with Crippen LogP contribution in [-0.4, -0.2) is 0 Å². The third-order valence-electron chi connectivity index (χ3n) is 6.11. The molecule has 0 radical (unpaired) electrons. The third kappa shape index (κ3) is 3.10. The van der Waals surface area contributed by atoms with Gasteiger partial charge in [-0.1, -0.05) is 61.7 Å². The second kappa shape index (κ2) is 7.43. The monoisotopic (exact) mass is 481 g/mol. The van der Waals surface area contributed by atoms with Gasteiger partial charge in [0, 0.05) is 10.8 Å². The molecule has 1 aliphatic carbocycles. The molecule has 1 heterocycles. The Morgan fingerprint density at radius 2 is 1.50 bits per heavy atom. The van der Waals surface area contributed by atoms with Gasteiger partial charge in [-0.2, -0.15) is 0 Å². The molecule has 0 spiro atoms. The molecule has 3 heteroatoms. The van der Waals surface area contributed by atoms with Gasteiger partial charge in [-0.25, -0.2) is 0 Å². The molecule has 1 aliphatic rings. The Hall–Kier alpha value is -2.01. The van der Waals surface area contributed by atoms with Crippen molar-refractivity contribution in [3.63, 3.8) is 0 Å². The number of furan rings is 1. The summed E-state index contributed by atoms with van der Waals surface area (Å²) in [6.45, 7) is 2.11. The maximum atomic E-state index is 6.33. The van der Waals surface area contributed by atoms with Crippen molar-refractivity contribution in [3.05, 3.63) is 71.8 Å². The molecule has 3 aromatic carbocycles. The van der Waals surface area contributed by atoms with Crippen molar-refractivity contribution in [2.75, 3.05) is 3.11 Å². The highest BCUT2D eigenvalue weighted by atomic mass is 127. The second-order valence-corrected chi connectivity index (χ2v) is 8.88. The first-order valence-electron chi connectivity index (χ1n) is 10.2. The maximum absolute atomic E-state index is 6.33. The van der Waals surface area contributed by atoms with Gasteiger partial charge in [-0.15, -0.1) is 0 Å². The van der Waals surface area contributed by atoms with Crippen LogP contribution in [0.3, 0.4) is 0 Å². The van der Waals surface area contributed by atoms with Crippen LogP contribution in [0.1, 0.15) is 49.1 Å². The summed E-state index contributed by atoms with van der Waals surface area (Å²) < 4.78 is 8.54. The van der Waals surface area contributed by atoms with Gasteiger partial charge in [0.05, 0.1) is 34.2 Å². The summed E-state index contributed by atoms with van der Waals surface area (Å²) in [6, 6.07) is 21.9. The van der Waals surface area contributed by atoms with Crippen LogP contribution < -0.4 is 3.11 Å². The van der Waals surface area contributed by atoms with Crippen molar-refractivity contribution in [3.8, 4) is 0 Å². The number of rotatable bonds is 3. The van der Waals surface area contributed by atoms with E-state index in [0.717, 1.165) is 22.8 Å². The summed E-state index contributed by atoms with van der Waals surface area (Å²) in [5.74, 6) is 0.743. The highest BCUT2D eigenvalue weighted by Crippen LogP contribution is 2.41. The van der Waals surface area contributed by atoms with E-state index in [2.05, 4.69) is 93.6 Å². The molecule has 2 nitrogen and oxygen atoms in total. The van der Waals surface area contributed by atoms with Gasteiger partial charge >= 0.3 is 0 Å². The minimum absolute atomic E-state index is 0.743. The average molecular weight is 481 g/mol. The van der Waals surface area contributed by atoms with Crippen LogP contribution in [0.2, 0.25) is 0 Å². The smallest absolute Gasteiger partial charge is 0.159 e. The molecule has 1 fully saturated rings. The van der Waals surface area contributed by atoms with Crippen molar-refractivity contribution >= 4 is 56.2 Å². The second-order valence-electron chi connectivity index (χ2n) is 7.91. The fourth-order valence-electron chi connectivity index (χ4n) is 4.55. The summed E-state index contributed by atoms with van der Waals surface area (Å²) >= 11 is 2.39. The van der Waals surface area contributed by atoms with Gasteiger partial charge in [0.1, 0.15) is 5.58 Å². The van der Waals surface area contributed by atoms with Crippen molar-refractivity contribution in [2.45, 2.75) is 44.9 Å². The van der Waals surface area contributed by atoms with Gasteiger partial charge in [0.2, 0.25) is 0 Å². The molecule has 0 unspecified atom stereocenters. The van der Waals surface area contributed by atoms with Crippen molar-refractivity contribution in [2.24, 2.45) is 0 Å². The normalized spacial score (nSPS) is 15.4. The minimum Gasteiger partial charge on any atom is -0.454 e.